The summed E-state index contributed by atoms with van der Waals surface area (Å²) in [5.74, 6) is 0.0506. The van der Waals surface area contributed by atoms with E-state index in [-0.39, 0.29) is 5.78 Å². The molecule has 0 aliphatic rings. The van der Waals surface area contributed by atoms with Gasteiger partial charge in [0.15, 0.2) is 5.78 Å². The summed E-state index contributed by atoms with van der Waals surface area (Å²) in [4.78, 5) is 21.7. The highest BCUT2D eigenvalue weighted by atomic mass is 16.1. The molecule has 0 unspecified atom stereocenters. The first-order chi connectivity index (χ1) is 6.65. The predicted molar refractivity (Wildman–Crippen MR) is 55.5 cm³/mol. The van der Waals surface area contributed by atoms with Gasteiger partial charge in [0.05, 0.1) is 0 Å². The highest BCUT2D eigenvalue weighted by molar-refractivity contribution is 5.98. The second-order valence-corrected chi connectivity index (χ2v) is 3.45. The first-order valence-electron chi connectivity index (χ1n) is 4.69. The van der Waals surface area contributed by atoms with E-state index >= 15 is 0 Å². The van der Waals surface area contributed by atoms with Crippen molar-refractivity contribution in [3.05, 3.63) is 34.9 Å². The number of Topliss-reactive ketones (excluding diaryl/α,β-unsaturated/α-hetero) is 1. The number of aryl methyl sites for hydroxylation is 2. The molecule has 0 saturated heterocycles. The van der Waals surface area contributed by atoms with Crippen molar-refractivity contribution in [3.8, 4) is 0 Å². The summed E-state index contributed by atoms with van der Waals surface area (Å²) < 4.78 is 0. The molecule has 0 fully saturated rings. The molecule has 74 valence electrons. The lowest BCUT2D eigenvalue weighted by Gasteiger charge is -2.04. The molecule has 2 heteroatoms. The molecule has 1 aromatic carbocycles. The zero-order valence-corrected chi connectivity index (χ0v) is 8.54. The normalized spacial score (nSPS) is 9.86. The minimum Gasteiger partial charge on any atom is -0.303 e. The van der Waals surface area contributed by atoms with Gasteiger partial charge in [0.2, 0.25) is 0 Å². The number of carbonyl (C=O) groups is 2. The fourth-order valence-electron chi connectivity index (χ4n) is 1.45. The average Bonchev–Trinajstić information content (AvgIpc) is 2.14. The van der Waals surface area contributed by atoms with Crippen LogP contribution in [0.2, 0.25) is 0 Å². The van der Waals surface area contributed by atoms with Gasteiger partial charge in [0.1, 0.15) is 6.29 Å². The molecule has 0 atom stereocenters. The fraction of sp³-hybridized carbons (Fsp3) is 0.333. The van der Waals surface area contributed by atoms with Crippen LogP contribution in [0.5, 0.6) is 0 Å². The molecule has 1 aromatic rings. The lowest BCUT2D eigenvalue weighted by molar-refractivity contribution is -0.107. The molecule has 0 N–H and O–H groups in total. The minimum absolute atomic E-state index is 0.0506. The van der Waals surface area contributed by atoms with E-state index in [9.17, 15) is 9.59 Å². The molecule has 0 aromatic heterocycles. The van der Waals surface area contributed by atoms with Gasteiger partial charge in [-0.05, 0) is 19.4 Å². The van der Waals surface area contributed by atoms with E-state index in [0.717, 1.165) is 23.0 Å². The molecule has 14 heavy (non-hydrogen) atoms. The van der Waals surface area contributed by atoms with E-state index in [0.29, 0.717) is 12.8 Å². The first-order valence-corrected chi connectivity index (χ1v) is 4.69. The summed E-state index contributed by atoms with van der Waals surface area (Å²) in [5.41, 5.74) is 2.87. The summed E-state index contributed by atoms with van der Waals surface area (Å²) in [6.45, 7) is 3.91. The van der Waals surface area contributed by atoms with Crippen LogP contribution in [0.25, 0.3) is 0 Å². The van der Waals surface area contributed by atoms with Gasteiger partial charge >= 0.3 is 0 Å². The van der Waals surface area contributed by atoms with E-state index in [4.69, 9.17) is 0 Å². The zero-order valence-electron chi connectivity index (χ0n) is 8.54. The zero-order chi connectivity index (χ0) is 10.6. The molecule has 0 spiro atoms. The van der Waals surface area contributed by atoms with Crippen LogP contribution in [0, 0.1) is 13.8 Å². The van der Waals surface area contributed by atoms with Crippen LogP contribution in [0.1, 0.15) is 34.3 Å². The topological polar surface area (TPSA) is 34.1 Å². The van der Waals surface area contributed by atoms with Crippen LogP contribution < -0.4 is 0 Å². The van der Waals surface area contributed by atoms with Crippen molar-refractivity contribution in [2.75, 3.05) is 0 Å². The van der Waals surface area contributed by atoms with Crippen LogP contribution in [-0.4, -0.2) is 12.1 Å². The van der Waals surface area contributed by atoms with Crippen molar-refractivity contribution in [2.45, 2.75) is 26.7 Å². The Bertz CT molecular complexity index is 353. The molecule has 0 saturated carbocycles. The van der Waals surface area contributed by atoms with Crippen molar-refractivity contribution >= 4 is 12.1 Å². The third-order valence-corrected chi connectivity index (χ3v) is 2.17. The summed E-state index contributed by atoms with van der Waals surface area (Å²) >= 11 is 0. The van der Waals surface area contributed by atoms with E-state index < -0.39 is 0 Å². The standard InChI is InChI=1S/C12H14O2/c1-9-5-6-11(10(2)8-9)12(14)4-3-7-13/h5-8H,3-4H2,1-2H3. The second kappa shape index (κ2) is 4.70. The largest absolute Gasteiger partial charge is 0.303 e. The summed E-state index contributed by atoms with van der Waals surface area (Å²) in [7, 11) is 0. The Labute approximate surface area is 83.9 Å². The molecule has 0 amide bonds. The molecular formula is C12H14O2. The quantitative estimate of drug-likeness (QED) is 0.540. The monoisotopic (exact) mass is 190 g/mol. The van der Waals surface area contributed by atoms with Crippen LogP contribution in [0.4, 0.5) is 0 Å². The van der Waals surface area contributed by atoms with E-state index in [1.807, 2.05) is 32.0 Å². The molecule has 0 heterocycles. The summed E-state index contributed by atoms with van der Waals surface area (Å²) in [6, 6.07) is 5.73. The average molecular weight is 190 g/mol. The van der Waals surface area contributed by atoms with Gasteiger partial charge in [-0.2, -0.15) is 0 Å². The number of hydrogen-bond acceptors (Lipinski definition) is 2. The van der Waals surface area contributed by atoms with E-state index in [2.05, 4.69) is 0 Å². The van der Waals surface area contributed by atoms with Gasteiger partial charge in [0, 0.05) is 18.4 Å². The Morgan fingerprint density at radius 2 is 2.07 bits per heavy atom. The summed E-state index contributed by atoms with van der Waals surface area (Å²) in [6.07, 6.45) is 1.40. The van der Waals surface area contributed by atoms with Crippen molar-refractivity contribution in [1.29, 1.82) is 0 Å². The van der Waals surface area contributed by atoms with Gasteiger partial charge in [0.25, 0.3) is 0 Å². The van der Waals surface area contributed by atoms with Crippen molar-refractivity contribution in [1.82, 2.24) is 0 Å². The highest BCUT2D eigenvalue weighted by Gasteiger charge is 2.07. The number of ketones is 1. The maximum Gasteiger partial charge on any atom is 0.163 e. The van der Waals surface area contributed by atoms with Gasteiger partial charge in [-0.25, -0.2) is 0 Å². The van der Waals surface area contributed by atoms with Crippen molar-refractivity contribution in [3.63, 3.8) is 0 Å². The van der Waals surface area contributed by atoms with Crippen LogP contribution >= 0.6 is 0 Å². The van der Waals surface area contributed by atoms with E-state index in [1.165, 1.54) is 0 Å². The number of carbonyl (C=O) groups excluding carboxylic acids is 2. The molecule has 0 bridgehead atoms. The van der Waals surface area contributed by atoms with Gasteiger partial charge in [-0.1, -0.05) is 23.8 Å². The second-order valence-electron chi connectivity index (χ2n) is 3.45. The lowest BCUT2D eigenvalue weighted by Crippen LogP contribution is -2.02. The molecule has 0 aliphatic carbocycles. The van der Waals surface area contributed by atoms with Gasteiger partial charge < -0.3 is 4.79 Å². The molecule has 0 radical (unpaired) electrons. The highest BCUT2D eigenvalue weighted by Crippen LogP contribution is 2.13. The minimum atomic E-state index is 0.0506. The number of aldehydes is 1. The molecule has 2 nitrogen and oxygen atoms in total. The predicted octanol–water partition coefficient (Wildman–Crippen LogP) is 2.47. The van der Waals surface area contributed by atoms with Crippen LogP contribution in [-0.2, 0) is 4.79 Å². The Morgan fingerprint density at radius 3 is 2.64 bits per heavy atom. The fourth-order valence-corrected chi connectivity index (χ4v) is 1.45. The maximum absolute atomic E-state index is 11.6. The smallest absolute Gasteiger partial charge is 0.163 e. The Morgan fingerprint density at radius 1 is 1.36 bits per heavy atom. The Hall–Kier alpha value is -1.44. The van der Waals surface area contributed by atoms with Crippen LogP contribution in [0.3, 0.4) is 0 Å². The van der Waals surface area contributed by atoms with Crippen LogP contribution in [0.15, 0.2) is 18.2 Å². The van der Waals surface area contributed by atoms with Crippen molar-refractivity contribution < 1.29 is 9.59 Å². The number of rotatable bonds is 4. The molecular weight excluding hydrogens is 176 g/mol. The SMILES string of the molecule is Cc1ccc(C(=O)CCC=O)c(C)c1. The van der Waals surface area contributed by atoms with Gasteiger partial charge in [-0.3, -0.25) is 4.79 Å². The van der Waals surface area contributed by atoms with Crippen molar-refractivity contribution in [2.24, 2.45) is 0 Å². The van der Waals surface area contributed by atoms with Gasteiger partial charge in [-0.15, -0.1) is 0 Å². The molecule has 1 rings (SSSR count). The Kier molecular flexibility index (Phi) is 3.57. The first kappa shape index (κ1) is 10.6. The third kappa shape index (κ3) is 2.52. The maximum atomic E-state index is 11.6. The lowest BCUT2D eigenvalue weighted by atomic mass is 10.00. The third-order valence-electron chi connectivity index (χ3n) is 2.17. The summed E-state index contributed by atoms with van der Waals surface area (Å²) in [5, 5.41) is 0. The van der Waals surface area contributed by atoms with E-state index in [1.54, 1.807) is 0 Å². The Balaban J connectivity index is 2.84. The number of hydrogen-bond donors (Lipinski definition) is 0. The molecule has 0 aliphatic heterocycles. The number of benzene rings is 1.